The number of fused-ring (bicyclic) bond motifs is 1. The summed E-state index contributed by atoms with van der Waals surface area (Å²) in [7, 11) is 0. The Morgan fingerprint density at radius 1 is 1.15 bits per heavy atom. The number of nitrogens with one attached hydrogen (secondary N) is 1. The van der Waals surface area contributed by atoms with Crippen molar-refractivity contribution in [1.29, 1.82) is 0 Å². The zero-order valence-electron chi connectivity index (χ0n) is 12.4. The molecule has 0 bridgehead atoms. The maximum absolute atomic E-state index is 13.9. The number of benzene rings is 2. The van der Waals surface area contributed by atoms with Crippen LogP contribution in [0.15, 0.2) is 48.0 Å². The summed E-state index contributed by atoms with van der Waals surface area (Å²) < 4.78 is 13.9. The largest absolute Gasteiger partial charge is 0.307 e. The van der Waals surface area contributed by atoms with Crippen LogP contribution in [0, 0.1) is 5.82 Å². The molecule has 0 aliphatic rings. The van der Waals surface area contributed by atoms with Crippen LogP contribution in [0.2, 0.25) is 0 Å². The van der Waals surface area contributed by atoms with Gasteiger partial charge in [-0.1, -0.05) is 48.9 Å². The summed E-state index contributed by atoms with van der Waals surface area (Å²) in [5.74, 6) is -0.157. The molecule has 0 saturated heterocycles. The van der Waals surface area contributed by atoms with Gasteiger partial charge >= 0.3 is 0 Å². The lowest BCUT2D eigenvalue weighted by Crippen LogP contribution is -2.21. The monoisotopic (exact) mass is 271 g/mol. The van der Waals surface area contributed by atoms with Gasteiger partial charge in [0.15, 0.2) is 0 Å². The van der Waals surface area contributed by atoms with E-state index in [1.54, 1.807) is 6.07 Å². The van der Waals surface area contributed by atoms with Crippen molar-refractivity contribution in [3.05, 3.63) is 59.4 Å². The van der Waals surface area contributed by atoms with E-state index in [-0.39, 0.29) is 11.9 Å². The quantitative estimate of drug-likeness (QED) is 0.756. The van der Waals surface area contributed by atoms with Crippen LogP contribution in [0.5, 0.6) is 0 Å². The average molecular weight is 271 g/mol. The molecule has 0 aliphatic carbocycles. The van der Waals surface area contributed by atoms with E-state index in [4.69, 9.17) is 0 Å². The molecule has 2 heteroatoms. The third-order valence-corrected chi connectivity index (χ3v) is 3.35. The summed E-state index contributed by atoms with van der Waals surface area (Å²) >= 11 is 0. The first-order valence-corrected chi connectivity index (χ1v) is 7.19. The first-order valence-electron chi connectivity index (χ1n) is 7.19. The van der Waals surface area contributed by atoms with E-state index < -0.39 is 0 Å². The molecule has 0 aliphatic heterocycles. The second-order valence-corrected chi connectivity index (χ2v) is 5.36. The number of halogens is 1. The Morgan fingerprint density at radius 2 is 1.85 bits per heavy atom. The molecule has 0 radical (unpaired) electrons. The molecule has 2 aromatic rings. The molecule has 20 heavy (non-hydrogen) atoms. The van der Waals surface area contributed by atoms with Crippen molar-refractivity contribution >= 4 is 10.8 Å². The van der Waals surface area contributed by atoms with Crippen LogP contribution in [0.25, 0.3) is 10.8 Å². The number of allylic oxidation sites excluding steroid dienone is 1. The zero-order valence-corrected chi connectivity index (χ0v) is 12.4. The number of hydrogen-bond donors (Lipinski definition) is 1. The third kappa shape index (κ3) is 3.26. The Bertz CT molecular complexity index is 612. The fourth-order valence-corrected chi connectivity index (χ4v) is 2.45. The molecule has 2 aromatic carbocycles. The van der Waals surface area contributed by atoms with Gasteiger partial charge in [-0.2, -0.15) is 0 Å². The van der Waals surface area contributed by atoms with Crippen molar-refractivity contribution in [2.75, 3.05) is 6.54 Å². The van der Waals surface area contributed by atoms with Crippen LogP contribution < -0.4 is 5.32 Å². The molecule has 2 rings (SSSR count). The second kappa shape index (κ2) is 6.67. The molecule has 1 N–H and O–H groups in total. The van der Waals surface area contributed by atoms with Crippen LogP contribution >= 0.6 is 0 Å². The molecule has 0 aromatic heterocycles. The lowest BCUT2D eigenvalue weighted by Gasteiger charge is -2.18. The first-order chi connectivity index (χ1) is 9.63. The fourth-order valence-electron chi connectivity index (χ4n) is 2.45. The van der Waals surface area contributed by atoms with Crippen molar-refractivity contribution in [3.8, 4) is 0 Å². The topological polar surface area (TPSA) is 12.0 Å². The normalized spacial score (nSPS) is 12.4. The van der Waals surface area contributed by atoms with Crippen molar-refractivity contribution in [2.45, 2.75) is 33.2 Å². The van der Waals surface area contributed by atoms with Gasteiger partial charge in [-0.15, -0.1) is 0 Å². The highest BCUT2D eigenvalue weighted by Crippen LogP contribution is 2.27. The molecule has 1 nitrogen and oxygen atoms in total. The summed E-state index contributed by atoms with van der Waals surface area (Å²) in [6, 6.07) is 11.3. The molecular weight excluding hydrogens is 249 g/mol. The molecule has 0 amide bonds. The summed E-state index contributed by atoms with van der Waals surface area (Å²) in [6.07, 6.45) is 3.28. The summed E-state index contributed by atoms with van der Waals surface area (Å²) in [5, 5.41) is 5.20. The number of hydrogen-bond acceptors (Lipinski definition) is 1. The Morgan fingerprint density at radius 3 is 2.50 bits per heavy atom. The van der Waals surface area contributed by atoms with Gasteiger partial charge in [-0.3, -0.25) is 0 Å². The molecule has 106 valence electrons. The minimum Gasteiger partial charge on any atom is -0.307 e. The molecule has 0 spiro atoms. The second-order valence-electron chi connectivity index (χ2n) is 5.36. The summed E-state index contributed by atoms with van der Waals surface area (Å²) in [6.45, 7) is 7.27. The number of rotatable bonds is 5. The van der Waals surface area contributed by atoms with Gasteiger partial charge in [0.05, 0.1) is 6.04 Å². The predicted molar refractivity (Wildman–Crippen MR) is 84.4 cm³/mol. The minimum absolute atomic E-state index is 0.130. The van der Waals surface area contributed by atoms with Gasteiger partial charge in [0.25, 0.3) is 0 Å². The molecule has 1 atom stereocenters. The SMILES string of the molecule is CCCNC(C=C(C)C)c1ccc(F)c2ccccc12. The molecule has 0 fully saturated rings. The van der Waals surface area contributed by atoms with E-state index in [9.17, 15) is 4.39 Å². The minimum atomic E-state index is -0.157. The van der Waals surface area contributed by atoms with E-state index in [2.05, 4.69) is 32.2 Å². The van der Waals surface area contributed by atoms with Crippen LogP contribution in [0.3, 0.4) is 0 Å². The predicted octanol–water partition coefficient (Wildman–Crippen LogP) is 4.99. The van der Waals surface area contributed by atoms with E-state index in [0.29, 0.717) is 5.39 Å². The van der Waals surface area contributed by atoms with Crippen LogP contribution in [-0.2, 0) is 0 Å². The third-order valence-electron chi connectivity index (χ3n) is 3.35. The Labute approximate surface area is 120 Å². The zero-order chi connectivity index (χ0) is 14.5. The summed E-state index contributed by atoms with van der Waals surface area (Å²) in [4.78, 5) is 0. The highest BCUT2D eigenvalue weighted by Gasteiger charge is 2.13. The van der Waals surface area contributed by atoms with Crippen LogP contribution in [0.1, 0.15) is 38.8 Å². The van der Waals surface area contributed by atoms with Crippen LogP contribution in [0.4, 0.5) is 4.39 Å². The van der Waals surface area contributed by atoms with Crippen LogP contribution in [-0.4, -0.2) is 6.54 Å². The lowest BCUT2D eigenvalue weighted by atomic mass is 9.97. The average Bonchev–Trinajstić information content (AvgIpc) is 2.44. The van der Waals surface area contributed by atoms with Gasteiger partial charge in [-0.25, -0.2) is 4.39 Å². The van der Waals surface area contributed by atoms with E-state index in [1.165, 1.54) is 5.57 Å². The van der Waals surface area contributed by atoms with Crippen molar-refractivity contribution in [2.24, 2.45) is 0 Å². The molecular formula is C18H22FN. The molecule has 1 unspecified atom stereocenters. The lowest BCUT2D eigenvalue weighted by molar-refractivity contribution is 0.609. The van der Waals surface area contributed by atoms with Gasteiger partial charge < -0.3 is 5.32 Å². The van der Waals surface area contributed by atoms with Gasteiger partial charge in [0, 0.05) is 5.39 Å². The van der Waals surface area contributed by atoms with E-state index >= 15 is 0 Å². The standard InChI is InChI=1S/C18H22FN/c1-4-11-20-18(12-13(2)3)16-9-10-17(19)15-8-6-5-7-14(15)16/h5-10,12,18,20H,4,11H2,1-3H3. The Kier molecular flexibility index (Phi) is 4.91. The Hall–Kier alpha value is -1.67. The molecule has 0 saturated carbocycles. The van der Waals surface area contributed by atoms with Gasteiger partial charge in [0.2, 0.25) is 0 Å². The van der Waals surface area contributed by atoms with Crippen molar-refractivity contribution in [1.82, 2.24) is 5.32 Å². The Balaban J connectivity index is 2.53. The van der Waals surface area contributed by atoms with E-state index in [0.717, 1.165) is 23.9 Å². The maximum Gasteiger partial charge on any atom is 0.131 e. The van der Waals surface area contributed by atoms with Gasteiger partial charge in [0.1, 0.15) is 5.82 Å². The smallest absolute Gasteiger partial charge is 0.131 e. The fraction of sp³-hybridized carbons (Fsp3) is 0.333. The summed E-state index contributed by atoms with van der Waals surface area (Å²) in [5.41, 5.74) is 2.39. The van der Waals surface area contributed by atoms with E-state index in [1.807, 2.05) is 30.3 Å². The van der Waals surface area contributed by atoms with Crippen molar-refractivity contribution < 1.29 is 4.39 Å². The van der Waals surface area contributed by atoms with Gasteiger partial charge in [-0.05, 0) is 43.8 Å². The maximum atomic E-state index is 13.9. The first kappa shape index (κ1) is 14.7. The molecule has 0 heterocycles. The van der Waals surface area contributed by atoms with Crippen molar-refractivity contribution in [3.63, 3.8) is 0 Å². The highest BCUT2D eigenvalue weighted by atomic mass is 19.1. The highest BCUT2D eigenvalue weighted by molar-refractivity contribution is 5.86.